The number of nitrogens with one attached hydrogen (secondary N) is 1. The Balaban J connectivity index is 1.75. The standard InChI is InChI=1S/C20H25NO2S/c1-14-6-5-7-18(12-14)21-20(22)17(4)24-11-10-23-19-13-15(2)8-9-16(19)3/h5-9,12-13,17H,10-11H2,1-4H3,(H,21,22). The zero-order valence-electron chi connectivity index (χ0n) is 14.8. The van der Waals surface area contributed by atoms with Crippen LogP contribution in [0, 0.1) is 20.8 Å². The Bertz CT molecular complexity index is 700. The molecule has 0 saturated carbocycles. The van der Waals surface area contributed by atoms with Gasteiger partial charge in [-0.1, -0.05) is 24.3 Å². The van der Waals surface area contributed by atoms with Crippen LogP contribution in [0.4, 0.5) is 5.69 Å². The van der Waals surface area contributed by atoms with Gasteiger partial charge in [0.2, 0.25) is 5.91 Å². The fourth-order valence-corrected chi connectivity index (χ4v) is 3.03. The number of rotatable bonds is 7. The lowest BCUT2D eigenvalue weighted by Gasteiger charge is -2.13. The number of carbonyl (C=O) groups is 1. The summed E-state index contributed by atoms with van der Waals surface area (Å²) in [5.74, 6) is 1.72. The smallest absolute Gasteiger partial charge is 0.237 e. The van der Waals surface area contributed by atoms with Crippen molar-refractivity contribution >= 4 is 23.4 Å². The van der Waals surface area contributed by atoms with E-state index in [1.54, 1.807) is 11.8 Å². The molecule has 24 heavy (non-hydrogen) atoms. The number of hydrogen-bond acceptors (Lipinski definition) is 3. The minimum atomic E-state index is -0.118. The van der Waals surface area contributed by atoms with Crippen molar-refractivity contribution in [2.75, 3.05) is 17.7 Å². The van der Waals surface area contributed by atoms with Crippen LogP contribution in [0.2, 0.25) is 0 Å². The Morgan fingerprint density at radius 1 is 1.12 bits per heavy atom. The highest BCUT2D eigenvalue weighted by molar-refractivity contribution is 8.00. The van der Waals surface area contributed by atoms with Crippen LogP contribution >= 0.6 is 11.8 Å². The maximum atomic E-state index is 12.2. The Morgan fingerprint density at radius 3 is 2.62 bits per heavy atom. The van der Waals surface area contributed by atoms with Gasteiger partial charge in [-0.05, 0) is 62.6 Å². The number of aryl methyl sites for hydroxylation is 3. The van der Waals surface area contributed by atoms with Gasteiger partial charge in [0.15, 0.2) is 0 Å². The van der Waals surface area contributed by atoms with Crippen LogP contribution in [0.5, 0.6) is 5.75 Å². The SMILES string of the molecule is Cc1cccc(NC(=O)C(C)SCCOc2cc(C)ccc2C)c1. The Morgan fingerprint density at radius 2 is 1.88 bits per heavy atom. The number of hydrogen-bond donors (Lipinski definition) is 1. The predicted octanol–water partition coefficient (Wildman–Crippen LogP) is 4.75. The molecule has 0 fully saturated rings. The minimum absolute atomic E-state index is 0.0253. The van der Waals surface area contributed by atoms with Gasteiger partial charge in [0.25, 0.3) is 0 Å². The molecule has 1 atom stereocenters. The third-order valence-corrected chi connectivity index (χ3v) is 4.82. The van der Waals surface area contributed by atoms with Crippen molar-refractivity contribution in [1.82, 2.24) is 0 Å². The lowest BCUT2D eigenvalue weighted by atomic mass is 10.1. The summed E-state index contributed by atoms with van der Waals surface area (Å²) >= 11 is 1.60. The van der Waals surface area contributed by atoms with E-state index in [4.69, 9.17) is 4.74 Å². The normalized spacial score (nSPS) is 11.8. The molecule has 0 bridgehead atoms. The first kappa shape index (κ1) is 18.4. The van der Waals surface area contributed by atoms with Crippen molar-refractivity contribution in [2.45, 2.75) is 32.9 Å². The third kappa shape index (κ3) is 5.60. The first-order valence-corrected chi connectivity index (χ1v) is 9.20. The van der Waals surface area contributed by atoms with Gasteiger partial charge in [-0.2, -0.15) is 0 Å². The van der Waals surface area contributed by atoms with E-state index >= 15 is 0 Å². The highest BCUT2D eigenvalue weighted by Gasteiger charge is 2.13. The fraction of sp³-hybridized carbons (Fsp3) is 0.350. The molecule has 0 heterocycles. The van der Waals surface area contributed by atoms with E-state index in [0.717, 1.165) is 28.3 Å². The second-order valence-corrected chi connectivity index (χ2v) is 7.44. The first-order valence-electron chi connectivity index (χ1n) is 8.15. The van der Waals surface area contributed by atoms with Crippen LogP contribution < -0.4 is 10.1 Å². The van der Waals surface area contributed by atoms with Gasteiger partial charge in [0.05, 0.1) is 11.9 Å². The molecule has 0 aliphatic heterocycles. The van der Waals surface area contributed by atoms with Gasteiger partial charge in [0.1, 0.15) is 5.75 Å². The van der Waals surface area contributed by atoms with E-state index in [2.05, 4.69) is 24.4 Å². The van der Waals surface area contributed by atoms with Crippen LogP contribution in [0.3, 0.4) is 0 Å². The minimum Gasteiger partial charge on any atom is -0.492 e. The number of benzene rings is 2. The van der Waals surface area contributed by atoms with Crippen molar-refractivity contribution in [3.05, 3.63) is 59.2 Å². The predicted molar refractivity (Wildman–Crippen MR) is 103 cm³/mol. The van der Waals surface area contributed by atoms with E-state index in [-0.39, 0.29) is 11.2 Å². The van der Waals surface area contributed by atoms with Crippen molar-refractivity contribution in [1.29, 1.82) is 0 Å². The fourth-order valence-electron chi connectivity index (χ4n) is 2.28. The van der Waals surface area contributed by atoms with E-state index in [1.165, 1.54) is 5.56 Å². The molecule has 0 radical (unpaired) electrons. The average Bonchev–Trinajstić information content (AvgIpc) is 2.54. The van der Waals surface area contributed by atoms with Crippen molar-refractivity contribution in [2.24, 2.45) is 0 Å². The third-order valence-electron chi connectivity index (χ3n) is 3.71. The summed E-state index contributed by atoms with van der Waals surface area (Å²) < 4.78 is 5.83. The van der Waals surface area contributed by atoms with Gasteiger partial charge in [-0.25, -0.2) is 0 Å². The number of anilines is 1. The molecule has 0 saturated heterocycles. The second kappa shape index (κ2) is 8.78. The summed E-state index contributed by atoms with van der Waals surface area (Å²) in [4.78, 5) is 12.2. The monoisotopic (exact) mass is 343 g/mol. The molecule has 2 aromatic rings. The Labute approximate surface area is 148 Å². The van der Waals surface area contributed by atoms with Crippen molar-refractivity contribution in [3.63, 3.8) is 0 Å². The molecule has 1 unspecified atom stereocenters. The summed E-state index contributed by atoms with van der Waals surface area (Å²) in [5, 5.41) is 2.84. The van der Waals surface area contributed by atoms with E-state index in [0.29, 0.717) is 6.61 Å². The highest BCUT2D eigenvalue weighted by atomic mass is 32.2. The summed E-state index contributed by atoms with van der Waals surface area (Å²) in [6.07, 6.45) is 0. The summed E-state index contributed by atoms with van der Waals surface area (Å²) in [7, 11) is 0. The Hall–Kier alpha value is -1.94. The van der Waals surface area contributed by atoms with Gasteiger partial charge in [-0.3, -0.25) is 4.79 Å². The summed E-state index contributed by atoms with van der Waals surface area (Å²) in [6.45, 7) is 8.63. The van der Waals surface area contributed by atoms with E-state index in [1.807, 2.05) is 51.1 Å². The van der Waals surface area contributed by atoms with Crippen LogP contribution in [0.25, 0.3) is 0 Å². The number of thioether (sulfide) groups is 1. The number of ether oxygens (including phenoxy) is 1. The molecule has 0 spiro atoms. The average molecular weight is 343 g/mol. The molecule has 0 aliphatic rings. The molecule has 3 nitrogen and oxygen atoms in total. The van der Waals surface area contributed by atoms with Crippen molar-refractivity contribution < 1.29 is 9.53 Å². The maximum Gasteiger partial charge on any atom is 0.237 e. The van der Waals surface area contributed by atoms with E-state index in [9.17, 15) is 4.79 Å². The first-order chi connectivity index (χ1) is 11.5. The maximum absolute atomic E-state index is 12.2. The van der Waals surface area contributed by atoms with Crippen molar-refractivity contribution in [3.8, 4) is 5.75 Å². The Kier molecular flexibility index (Phi) is 6.73. The molecule has 128 valence electrons. The zero-order valence-corrected chi connectivity index (χ0v) is 15.6. The van der Waals surface area contributed by atoms with Gasteiger partial charge in [0, 0.05) is 11.4 Å². The molecular formula is C20H25NO2S. The lowest BCUT2D eigenvalue weighted by Crippen LogP contribution is -2.23. The number of carbonyl (C=O) groups excluding carboxylic acids is 1. The van der Waals surface area contributed by atoms with Crippen LogP contribution in [0.15, 0.2) is 42.5 Å². The number of amides is 1. The van der Waals surface area contributed by atoms with Crippen LogP contribution in [-0.4, -0.2) is 23.5 Å². The second-order valence-electron chi connectivity index (χ2n) is 5.99. The molecule has 1 N–H and O–H groups in total. The quantitative estimate of drug-likeness (QED) is 0.737. The molecule has 2 rings (SSSR count). The van der Waals surface area contributed by atoms with Crippen LogP contribution in [-0.2, 0) is 4.79 Å². The largest absolute Gasteiger partial charge is 0.492 e. The molecule has 1 amide bonds. The van der Waals surface area contributed by atoms with Gasteiger partial charge in [-0.15, -0.1) is 11.8 Å². The van der Waals surface area contributed by atoms with E-state index < -0.39 is 0 Å². The molecular weight excluding hydrogens is 318 g/mol. The zero-order chi connectivity index (χ0) is 17.5. The van der Waals surface area contributed by atoms with Gasteiger partial charge < -0.3 is 10.1 Å². The van der Waals surface area contributed by atoms with Gasteiger partial charge >= 0.3 is 0 Å². The summed E-state index contributed by atoms with van der Waals surface area (Å²) in [6, 6.07) is 14.0. The molecule has 4 heteroatoms. The lowest BCUT2D eigenvalue weighted by molar-refractivity contribution is -0.115. The summed E-state index contributed by atoms with van der Waals surface area (Å²) in [5.41, 5.74) is 4.30. The highest BCUT2D eigenvalue weighted by Crippen LogP contribution is 2.20. The molecule has 0 aliphatic carbocycles. The van der Waals surface area contributed by atoms with Crippen LogP contribution in [0.1, 0.15) is 23.6 Å². The topological polar surface area (TPSA) is 38.3 Å². The molecule has 0 aromatic heterocycles. The molecule has 2 aromatic carbocycles.